The molecule has 0 aromatic heterocycles. The number of amides is 2. The van der Waals surface area contributed by atoms with E-state index in [4.69, 9.17) is 0 Å². The lowest BCUT2D eigenvalue weighted by molar-refractivity contribution is -0.116. The molecule has 0 saturated carbocycles. The first kappa shape index (κ1) is 14.8. The van der Waals surface area contributed by atoms with Gasteiger partial charge in [0.25, 0.3) is 0 Å². The Labute approximate surface area is 124 Å². The molecule has 0 spiro atoms. The van der Waals surface area contributed by atoms with Crippen LogP contribution in [-0.2, 0) is 16.0 Å². The molecular weight excluding hydrogens is 264 g/mol. The van der Waals surface area contributed by atoms with Crippen LogP contribution in [0.4, 0.5) is 11.4 Å². The zero-order valence-corrected chi connectivity index (χ0v) is 12.1. The third-order valence-electron chi connectivity index (χ3n) is 3.12. The molecule has 0 aliphatic heterocycles. The second-order valence-corrected chi connectivity index (χ2v) is 4.88. The van der Waals surface area contributed by atoms with Crippen molar-refractivity contribution in [3.63, 3.8) is 0 Å². The molecule has 108 valence electrons. The Morgan fingerprint density at radius 2 is 1.48 bits per heavy atom. The number of rotatable bonds is 4. The molecule has 2 aromatic carbocycles. The van der Waals surface area contributed by atoms with E-state index in [-0.39, 0.29) is 11.8 Å². The van der Waals surface area contributed by atoms with Crippen molar-refractivity contribution in [2.45, 2.75) is 20.3 Å². The largest absolute Gasteiger partial charge is 0.325 e. The fraction of sp³-hybridized carbons (Fsp3) is 0.176. The summed E-state index contributed by atoms with van der Waals surface area (Å²) in [7, 11) is 0. The van der Waals surface area contributed by atoms with E-state index in [1.54, 1.807) is 12.1 Å². The zero-order chi connectivity index (χ0) is 15.2. The quantitative estimate of drug-likeness (QED) is 0.905. The van der Waals surface area contributed by atoms with Crippen LogP contribution in [0, 0.1) is 6.92 Å². The van der Waals surface area contributed by atoms with Crippen molar-refractivity contribution in [1.29, 1.82) is 0 Å². The van der Waals surface area contributed by atoms with Gasteiger partial charge >= 0.3 is 0 Å². The first-order valence-electron chi connectivity index (χ1n) is 6.77. The summed E-state index contributed by atoms with van der Waals surface area (Å²) in [4.78, 5) is 23.3. The Bertz CT molecular complexity index is 665. The minimum absolute atomic E-state index is 0.109. The van der Waals surface area contributed by atoms with E-state index in [0.717, 1.165) is 11.1 Å². The predicted molar refractivity (Wildman–Crippen MR) is 84.3 cm³/mol. The Hall–Kier alpha value is -2.62. The van der Waals surface area contributed by atoms with E-state index in [1.165, 1.54) is 6.92 Å². The third-order valence-corrected chi connectivity index (χ3v) is 3.12. The average molecular weight is 282 g/mol. The molecule has 0 aliphatic carbocycles. The van der Waals surface area contributed by atoms with Crippen molar-refractivity contribution in [3.8, 4) is 0 Å². The molecule has 0 heterocycles. The van der Waals surface area contributed by atoms with Gasteiger partial charge in [-0.1, -0.05) is 36.4 Å². The lowest BCUT2D eigenvalue weighted by Crippen LogP contribution is -2.17. The maximum Gasteiger partial charge on any atom is 0.228 e. The van der Waals surface area contributed by atoms with Crippen LogP contribution in [0.3, 0.4) is 0 Å². The lowest BCUT2D eigenvalue weighted by atomic mass is 10.1. The van der Waals surface area contributed by atoms with Gasteiger partial charge in [0.05, 0.1) is 17.8 Å². The summed E-state index contributed by atoms with van der Waals surface area (Å²) in [6, 6.07) is 14.9. The number of hydrogen-bond acceptors (Lipinski definition) is 2. The summed E-state index contributed by atoms with van der Waals surface area (Å²) < 4.78 is 0. The smallest absolute Gasteiger partial charge is 0.228 e. The van der Waals surface area contributed by atoms with Gasteiger partial charge in [0.15, 0.2) is 0 Å². The maximum absolute atomic E-state index is 12.1. The SMILES string of the molecule is CC(=O)Nc1ccccc1NC(=O)Cc1ccccc1C. The second kappa shape index (κ2) is 6.70. The molecule has 0 aliphatic rings. The summed E-state index contributed by atoms with van der Waals surface area (Å²) in [5, 5.41) is 5.54. The van der Waals surface area contributed by atoms with Gasteiger partial charge in [-0.05, 0) is 30.2 Å². The highest BCUT2D eigenvalue weighted by molar-refractivity contribution is 5.99. The van der Waals surface area contributed by atoms with Crippen LogP contribution in [-0.4, -0.2) is 11.8 Å². The van der Waals surface area contributed by atoms with Gasteiger partial charge < -0.3 is 10.6 Å². The van der Waals surface area contributed by atoms with E-state index in [9.17, 15) is 9.59 Å². The fourth-order valence-corrected chi connectivity index (χ4v) is 2.07. The van der Waals surface area contributed by atoms with Crippen LogP contribution < -0.4 is 10.6 Å². The highest BCUT2D eigenvalue weighted by atomic mass is 16.2. The molecule has 2 N–H and O–H groups in total. The van der Waals surface area contributed by atoms with Crippen LogP contribution in [0.1, 0.15) is 18.1 Å². The third kappa shape index (κ3) is 4.18. The van der Waals surface area contributed by atoms with Gasteiger partial charge in [0.2, 0.25) is 11.8 Å². The molecule has 0 radical (unpaired) electrons. The van der Waals surface area contributed by atoms with Crippen LogP contribution in [0.5, 0.6) is 0 Å². The van der Waals surface area contributed by atoms with Crippen LogP contribution in [0.2, 0.25) is 0 Å². The van der Waals surface area contributed by atoms with Gasteiger partial charge in [-0.25, -0.2) is 0 Å². The highest BCUT2D eigenvalue weighted by Crippen LogP contribution is 2.21. The Balaban J connectivity index is 2.10. The van der Waals surface area contributed by atoms with E-state index in [0.29, 0.717) is 17.8 Å². The van der Waals surface area contributed by atoms with E-state index in [1.807, 2.05) is 43.3 Å². The van der Waals surface area contributed by atoms with Gasteiger partial charge in [-0.2, -0.15) is 0 Å². The first-order valence-corrected chi connectivity index (χ1v) is 6.77. The van der Waals surface area contributed by atoms with Crippen molar-refractivity contribution >= 4 is 23.2 Å². The first-order chi connectivity index (χ1) is 10.1. The Morgan fingerprint density at radius 3 is 2.10 bits per heavy atom. The minimum atomic E-state index is -0.171. The van der Waals surface area contributed by atoms with Crippen molar-refractivity contribution in [1.82, 2.24) is 0 Å². The van der Waals surface area contributed by atoms with Gasteiger partial charge in [0, 0.05) is 6.92 Å². The summed E-state index contributed by atoms with van der Waals surface area (Å²) in [6.07, 6.45) is 0.307. The molecular formula is C17H18N2O2. The molecule has 4 nitrogen and oxygen atoms in total. The molecule has 0 bridgehead atoms. The molecule has 2 aromatic rings. The lowest BCUT2D eigenvalue weighted by Gasteiger charge is -2.12. The highest BCUT2D eigenvalue weighted by Gasteiger charge is 2.09. The Kier molecular flexibility index (Phi) is 4.72. The molecule has 0 unspecified atom stereocenters. The van der Waals surface area contributed by atoms with Crippen molar-refractivity contribution in [3.05, 3.63) is 59.7 Å². The van der Waals surface area contributed by atoms with Gasteiger partial charge in [-0.3, -0.25) is 9.59 Å². The average Bonchev–Trinajstić information content (AvgIpc) is 2.43. The maximum atomic E-state index is 12.1. The number of aryl methyl sites for hydroxylation is 1. The van der Waals surface area contributed by atoms with E-state index in [2.05, 4.69) is 10.6 Å². The number of nitrogens with one attached hydrogen (secondary N) is 2. The summed E-state index contributed by atoms with van der Waals surface area (Å²) >= 11 is 0. The standard InChI is InChI=1S/C17H18N2O2/c1-12-7-3-4-8-14(12)11-17(21)19-16-10-6-5-9-15(16)18-13(2)20/h3-10H,11H2,1-2H3,(H,18,20)(H,19,21). The summed E-state index contributed by atoms with van der Waals surface area (Å²) in [5.74, 6) is -0.280. The number of hydrogen-bond donors (Lipinski definition) is 2. The fourth-order valence-electron chi connectivity index (χ4n) is 2.07. The topological polar surface area (TPSA) is 58.2 Å². The number of carbonyl (C=O) groups excluding carboxylic acids is 2. The Morgan fingerprint density at radius 1 is 0.905 bits per heavy atom. The number of benzene rings is 2. The monoisotopic (exact) mass is 282 g/mol. The van der Waals surface area contributed by atoms with Crippen LogP contribution in [0.15, 0.2) is 48.5 Å². The predicted octanol–water partition coefficient (Wildman–Crippen LogP) is 3.13. The van der Waals surface area contributed by atoms with Crippen molar-refractivity contribution in [2.75, 3.05) is 10.6 Å². The number of para-hydroxylation sites is 2. The van der Waals surface area contributed by atoms with E-state index < -0.39 is 0 Å². The number of anilines is 2. The summed E-state index contributed by atoms with van der Waals surface area (Å²) in [6.45, 7) is 3.42. The molecule has 0 saturated heterocycles. The second-order valence-electron chi connectivity index (χ2n) is 4.88. The van der Waals surface area contributed by atoms with Crippen LogP contribution >= 0.6 is 0 Å². The molecule has 2 amide bonds. The molecule has 0 atom stereocenters. The van der Waals surface area contributed by atoms with Crippen molar-refractivity contribution < 1.29 is 9.59 Å². The van der Waals surface area contributed by atoms with Crippen LogP contribution in [0.25, 0.3) is 0 Å². The van der Waals surface area contributed by atoms with Gasteiger partial charge in [-0.15, -0.1) is 0 Å². The summed E-state index contributed by atoms with van der Waals surface area (Å²) in [5.41, 5.74) is 3.28. The number of carbonyl (C=O) groups is 2. The molecule has 0 fully saturated rings. The molecule has 4 heteroatoms. The molecule has 21 heavy (non-hydrogen) atoms. The minimum Gasteiger partial charge on any atom is -0.325 e. The normalized spacial score (nSPS) is 10.0. The molecule has 2 rings (SSSR count). The van der Waals surface area contributed by atoms with E-state index >= 15 is 0 Å². The van der Waals surface area contributed by atoms with Gasteiger partial charge in [0.1, 0.15) is 0 Å². The zero-order valence-electron chi connectivity index (χ0n) is 12.1. The van der Waals surface area contributed by atoms with Crippen molar-refractivity contribution in [2.24, 2.45) is 0 Å².